The van der Waals surface area contributed by atoms with E-state index in [1.165, 1.54) is 30.7 Å². The predicted octanol–water partition coefficient (Wildman–Crippen LogP) is 15.2. The summed E-state index contributed by atoms with van der Waals surface area (Å²) in [7, 11) is 0. The Hall–Kier alpha value is -6.18. The van der Waals surface area contributed by atoms with Gasteiger partial charge in [-0.05, 0) is 100 Å². The molecule has 7 aromatic carbocycles. The van der Waals surface area contributed by atoms with E-state index in [-0.39, 0.29) is 0 Å². The van der Waals surface area contributed by atoms with Crippen molar-refractivity contribution in [3.05, 3.63) is 168 Å². The van der Waals surface area contributed by atoms with E-state index in [9.17, 15) is 10.5 Å². The quantitative estimate of drug-likeness (QED) is 0.177. The van der Waals surface area contributed by atoms with E-state index in [0.717, 1.165) is 56.4 Å². The number of hydrogen-bond donors (Lipinski definition) is 0. The van der Waals surface area contributed by atoms with Crippen LogP contribution in [0.1, 0.15) is 63.8 Å². The van der Waals surface area contributed by atoms with Gasteiger partial charge in [0.25, 0.3) is 0 Å². The summed E-state index contributed by atoms with van der Waals surface area (Å²) in [5.74, 6) is 0. The normalized spacial score (nSPS) is 13.1. The van der Waals surface area contributed by atoms with E-state index in [1.807, 2.05) is 47.8 Å². The minimum atomic E-state index is -0.424. The Bertz CT molecular complexity index is 2560. The zero-order chi connectivity index (χ0) is 40.3. The van der Waals surface area contributed by atoms with Crippen LogP contribution in [0.15, 0.2) is 165 Å². The maximum atomic E-state index is 10.00. The van der Waals surface area contributed by atoms with Gasteiger partial charge in [0.05, 0.1) is 57.4 Å². The van der Waals surface area contributed by atoms with Gasteiger partial charge in [-0.1, -0.05) is 138 Å². The number of anilines is 6. The van der Waals surface area contributed by atoms with Gasteiger partial charge < -0.3 is 9.80 Å². The second kappa shape index (κ2) is 14.3. The van der Waals surface area contributed by atoms with Crippen LogP contribution in [0.5, 0.6) is 0 Å². The first-order valence-electron chi connectivity index (χ1n) is 19.6. The molecular weight excluding hydrogens is 745 g/mol. The van der Waals surface area contributed by atoms with Gasteiger partial charge >= 0.3 is 0 Å². The van der Waals surface area contributed by atoms with Gasteiger partial charge in [0.2, 0.25) is 0 Å². The fourth-order valence-corrected chi connectivity index (χ4v) is 10.6. The van der Waals surface area contributed by atoms with Crippen LogP contribution in [-0.2, 0) is 10.8 Å². The average Bonchev–Trinajstić information content (AvgIpc) is 3.23. The molecule has 2 aliphatic heterocycles. The minimum absolute atomic E-state index is 0.403. The molecule has 0 amide bonds. The molecule has 2 aliphatic rings. The second-order valence-corrected chi connectivity index (χ2v) is 19.0. The average molecular weight is 787 g/mol. The van der Waals surface area contributed by atoms with Crippen molar-refractivity contribution in [3.8, 4) is 34.4 Å². The number of hydrogen-bond acceptors (Lipinski definition) is 6. The lowest BCUT2D eigenvalue weighted by Gasteiger charge is -2.45. The van der Waals surface area contributed by atoms with E-state index in [0.29, 0.717) is 11.1 Å². The third-order valence-corrected chi connectivity index (χ3v) is 13.1. The molecule has 0 bridgehead atoms. The molecule has 0 N–H and O–H groups in total. The Labute approximate surface area is 350 Å². The van der Waals surface area contributed by atoms with E-state index in [2.05, 4.69) is 185 Å². The van der Waals surface area contributed by atoms with Crippen LogP contribution < -0.4 is 9.80 Å². The lowest BCUT2D eigenvalue weighted by atomic mass is 9.70. The highest BCUT2D eigenvalue weighted by Crippen LogP contribution is 2.64. The Morgan fingerprint density at radius 1 is 0.397 bits per heavy atom. The van der Waals surface area contributed by atoms with Crippen molar-refractivity contribution >= 4 is 57.6 Å². The van der Waals surface area contributed by atoms with Gasteiger partial charge in [-0.2, -0.15) is 10.5 Å². The summed E-state index contributed by atoms with van der Waals surface area (Å²) in [6, 6.07) is 56.0. The molecule has 58 heavy (non-hydrogen) atoms. The molecular formula is C52H42N4S2. The molecule has 282 valence electrons. The molecule has 0 aliphatic carbocycles. The Balaban J connectivity index is 1.59. The lowest BCUT2D eigenvalue weighted by Crippen LogP contribution is -2.29. The van der Waals surface area contributed by atoms with E-state index in [1.54, 1.807) is 0 Å². The number of nitriles is 2. The fourth-order valence-electron chi connectivity index (χ4n) is 8.51. The van der Waals surface area contributed by atoms with Crippen molar-refractivity contribution in [1.82, 2.24) is 0 Å². The molecule has 0 aromatic heterocycles. The topological polar surface area (TPSA) is 54.1 Å². The molecule has 0 saturated heterocycles. The highest BCUT2D eigenvalue weighted by molar-refractivity contribution is 8.00. The standard InChI is InChI=1S/C52H42N4S2/c1-51(2,3)47-45(35-27-23-33(31-53)24-28-35)49(55-37-15-7-11-19-41(37)57-42-20-12-8-16-38(42)55)48(52(4,5)6)50(46(47)36-29-25-34(32-54)26-30-36)56-39-17-9-13-21-43(39)58-44-22-14-10-18-40(44)56/h7-30H,1-6H3. The summed E-state index contributed by atoms with van der Waals surface area (Å²) in [5.41, 5.74) is 13.8. The van der Waals surface area contributed by atoms with Gasteiger partial charge in [-0.25, -0.2) is 0 Å². The van der Waals surface area contributed by atoms with Crippen molar-refractivity contribution < 1.29 is 0 Å². The SMILES string of the molecule is CC(C)(C)c1c(-c2ccc(C#N)cc2)c(N2c3ccccc3Sc3ccccc32)c(C(C)(C)C)c(N2c3ccccc3Sc3ccccc32)c1-c1ccc(C#N)cc1. The van der Waals surface area contributed by atoms with Gasteiger partial charge in [-0.15, -0.1) is 0 Å². The monoisotopic (exact) mass is 786 g/mol. The summed E-state index contributed by atoms with van der Waals surface area (Å²) in [5, 5.41) is 20.0. The van der Waals surface area contributed by atoms with Crippen LogP contribution in [0, 0.1) is 22.7 Å². The minimum Gasteiger partial charge on any atom is -0.307 e. The van der Waals surface area contributed by atoms with Crippen LogP contribution in [-0.4, -0.2) is 0 Å². The van der Waals surface area contributed by atoms with E-state index >= 15 is 0 Å². The number of fused-ring (bicyclic) bond motifs is 4. The molecule has 2 heterocycles. The van der Waals surface area contributed by atoms with Gasteiger partial charge in [0.1, 0.15) is 0 Å². The fraction of sp³-hybridized carbons (Fsp3) is 0.154. The van der Waals surface area contributed by atoms with Crippen molar-refractivity contribution in [3.63, 3.8) is 0 Å². The Morgan fingerprint density at radius 3 is 0.966 bits per heavy atom. The maximum Gasteiger partial charge on any atom is 0.0991 e. The van der Waals surface area contributed by atoms with Crippen LogP contribution >= 0.6 is 23.5 Å². The molecule has 9 rings (SSSR count). The second-order valence-electron chi connectivity index (χ2n) is 16.8. The third-order valence-electron chi connectivity index (χ3n) is 10.9. The van der Waals surface area contributed by atoms with Gasteiger partial charge in [0.15, 0.2) is 0 Å². The molecule has 6 heteroatoms. The van der Waals surface area contributed by atoms with E-state index < -0.39 is 10.8 Å². The van der Waals surface area contributed by atoms with Crippen LogP contribution in [0.3, 0.4) is 0 Å². The molecule has 0 atom stereocenters. The molecule has 0 saturated carbocycles. The molecule has 0 fully saturated rings. The molecule has 0 spiro atoms. The number of nitrogens with zero attached hydrogens (tertiary/aromatic N) is 4. The van der Waals surface area contributed by atoms with Gasteiger partial charge in [-0.3, -0.25) is 0 Å². The van der Waals surface area contributed by atoms with E-state index in [4.69, 9.17) is 0 Å². The summed E-state index contributed by atoms with van der Waals surface area (Å²) in [4.78, 5) is 9.79. The van der Waals surface area contributed by atoms with Crippen molar-refractivity contribution in [2.45, 2.75) is 72.0 Å². The number of rotatable bonds is 4. The maximum absolute atomic E-state index is 10.00. The first-order valence-corrected chi connectivity index (χ1v) is 21.2. The van der Waals surface area contributed by atoms with Crippen LogP contribution in [0.25, 0.3) is 22.3 Å². The third kappa shape index (κ3) is 6.25. The van der Waals surface area contributed by atoms with Crippen molar-refractivity contribution in [1.29, 1.82) is 10.5 Å². The van der Waals surface area contributed by atoms with Crippen LogP contribution in [0.4, 0.5) is 34.1 Å². The predicted molar refractivity (Wildman–Crippen MR) is 242 cm³/mol. The van der Waals surface area contributed by atoms with Gasteiger partial charge in [0, 0.05) is 36.3 Å². The van der Waals surface area contributed by atoms with Crippen molar-refractivity contribution in [2.24, 2.45) is 0 Å². The molecule has 0 unspecified atom stereocenters. The number of para-hydroxylation sites is 4. The lowest BCUT2D eigenvalue weighted by molar-refractivity contribution is 0.581. The zero-order valence-electron chi connectivity index (χ0n) is 33.5. The smallest absolute Gasteiger partial charge is 0.0991 e. The summed E-state index contributed by atoms with van der Waals surface area (Å²) in [6.07, 6.45) is 0. The molecule has 7 aromatic rings. The van der Waals surface area contributed by atoms with Crippen LogP contribution in [0.2, 0.25) is 0 Å². The first kappa shape index (κ1) is 37.4. The van der Waals surface area contributed by atoms with Crippen molar-refractivity contribution in [2.75, 3.05) is 9.80 Å². The Morgan fingerprint density at radius 2 is 0.690 bits per heavy atom. The Kier molecular flexibility index (Phi) is 9.24. The zero-order valence-corrected chi connectivity index (χ0v) is 35.1. The number of benzene rings is 7. The molecule has 0 radical (unpaired) electrons. The molecule has 4 nitrogen and oxygen atoms in total. The summed E-state index contributed by atoms with van der Waals surface area (Å²) in [6.45, 7) is 14.0. The first-order chi connectivity index (χ1) is 28.0. The highest BCUT2D eigenvalue weighted by atomic mass is 32.2. The highest BCUT2D eigenvalue weighted by Gasteiger charge is 2.42. The largest absolute Gasteiger partial charge is 0.307 e. The summed E-state index contributed by atoms with van der Waals surface area (Å²) >= 11 is 3.62. The summed E-state index contributed by atoms with van der Waals surface area (Å²) < 4.78 is 0.